The van der Waals surface area contributed by atoms with Crippen LogP contribution in [-0.2, 0) is 9.53 Å². The number of ether oxygens (including phenoxy) is 2. The van der Waals surface area contributed by atoms with E-state index in [1.165, 1.54) is 0 Å². The Morgan fingerprint density at radius 2 is 2.25 bits per heavy atom. The minimum Gasteiger partial charge on any atom is -0.426 e. The summed E-state index contributed by atoms with van der Waals surface area (Å²) in [5.74, 6) is 0.218. The number of hydrogen-bond donors (Lipinski definition) is 0. The van der Waals surface area contributed by atoms with Gasteiger partial charge in [-0.2, -0.15) is 0 Å². The molecule has 0 unspecified atom stereocenters. The fraction of sp³-hybridized carbons (Fsp3) is 0.417. The molecule has 0 saturated heterocycles. The number of carbonyl (C=O) groups excluding carboxylic acids is 1. The van der Waals surface area contributed by atoms with Crippen LogP contribution in [0.3, 0.4) is 0 Å². The fourth-order valence-electron chi connectivity index (χ4n) is 1.18. The highest BCUT2D eigenvalue weighted by atomic mass is 35.5. The maximum absolute atomic E-state index is 11.4. The lowest BCUT2D eigenvalue weighted by Crippen LogP contribution is -2.09. The number of benzene rings is 1. The van der Waals surface area contributed by atoms with E-state index in [2.05, 4.69) is 0 Å². The lowest BCUT2D eigenvalue weighted by molar-refractivity contribution is -0.134. The molecule has 0 saturated carbocycles. The predicted octanol–water partition coefficient (Wildman–Crippen LogP) is 3.06. The number of carbonyl (C=O) groups is 1. The van der Waals surface area contributed by atoms with E-state index in [4.69, 9.17) is 21.1 Å². The maximum Gasteiger partial charge on any atom is 0.311 e. The van der Waals surface area contributed by atoms with Gasteiger partial charge in [0.1, 0.15) is 5.75 Å². The standard InChI is InChI=1S/C12H15ClO3/c1-2-15-8-4-7-12(14)16-11-6-3-5-10(13)9-11/h3,5-6,9H,2,4,7-8H2,1H3. The third kappa shape index (κ3) is 5.14. The molecule has 0 aliphatic heterocycles. The summed E-state index contributed by atoms with van der Waals surface area (Å²) in [5, 5.41) is 0.555. The zero-order valence-electron chi connectivity index (χ0n) is 9.24. The Kier molecular flexibility index (Phi) is 5.90. The van der Waals surface area contributed by atoms with E-state index in [1.54, 1.807) is 24.3 Å². The Morgan fingerprint density at radius 3 is 2.94 bits per heavy atom. The molecule has 0 heterocycles. The molecule has 0 fully saturated rings. The number of halogens is 1. The molecule has 0 atom stereocenters. The van der Waals surface area contributed by atoms with Crippen molar-refractivity contribution in [3.8, 4) is 5.75 Å². The van der Waals surface area contributed by atoms with Gasteiger partial charge in [-0.25, -0.2) is 0 Å². The van der Waals surface area contributed by atoms with Crippen LogP contribution in [0.15, 0.2) is 24.3 Å². The molecule has 4 heteroatoms. The second-order valence-corrected chi connectivity index (χ2v) is 3.67. The minimum absolute atomic E-state index is 0.262. The quantitative estimate of drug-likeness (QED) is 0.437. The van der Waals surface area contributed by atoms with Gasteiger partial charge in [-0.1, -0.05) is 17.7 Å². The maximum atomic E-state index is 11.4. The Hall–Kier alpha value is -1.06. The molecule has 0 aliphatic carbocycles. The lowest BCUT2D eigenvalue weighted by Gasteiger charge is -2.04. The number of esters is 1. The zero-order chi connectivity index (χ0) is 11.8. The fourth-order valence-corrected chi connectivity index (χ4v) is 1.36. The molecule has 1 rings (SSSR count). The monoisotopic (exact) mass is 242 g/mol. The molecule has 0 aliphatic rings. The van der Waals surface area contributed by atoms with Crippen molar-refractivity contribution in [1.82, 2.24) is 0 Å². The molecule has 0 aromatic heterocycles. The minimum atomic E-state index is -0.262. The third-order valence-corrected chi connectivity index (χ3v) is 2.14. The highest BCUT2D eigenvalue weighted by molar-refractivity contribution is 6.30. The summed E-state index contributed by atoms with van der Waals surface area (Å²) in [7, 11) is 0. The lowest BCUT2D eigenvalue weighted by atomic mass is 10.3. The first-order chi connectivity index (χ1) is 7.72. The summed E-state index contributed by atoms with van der Waals surface area (Å²) in [6, 6.07) is 6.79. The molecule has 0 N–H and O–H groups in total. The van der Waals surface area contributed by atoms with Crippen LogP contribution in [0, 0.1) is 0 Å². The Bertz CT molecular complexity index is 339. The summed E-state index contributed by atoms with van der Waals surface area (Å²) < 4.78 is 10.2. The SMILES string of the molecule is CCOCCCC(=O)Oc1cccc(Cl)c1. The molecule has 0 bridgehead atoms. The molecule has 1 aromatic rings. The first-order valence-electron chi connectivity index (χ1n) is 5.26. The molecule has 3 nitrogen and oxygen atoms in total. The normalized spacial score (nSPS) is 10.1. The van der Waals surface area contributed by atoms with Crippen molar-refractivity contribution in [2.75, 3.05) is 13.2 Å². The highest BCUT2D eigenvalue weighted by Gasteiger charge is 2.04. The Morgan fingerprint density at radius 1 is 1.44 bits per heavy atom. The van der Waals surface area contributed by atoms with Gasteiger partial charge in [-0.3, -0.25) is 4.79 Å². The zero-order valence-corrected chi connectivity index (χ0v) is 10.00. The second-order valence-electron chi connectivity index (χ2n) is 3.23. The largest absolute Gasteiger partial charge is 0.426 e. The van der Waals surface area contributed by atoms with E-state index in [0.29, 0.717) is 36.8 Å². The van der Waals surface area contributed by atoms with Crippen molar-refractivity contribution in [3.63, 3.8) is 0 Å². The molecule has 88 valence electrons. The number of hydrogen-bond acceptors (Lipinski definition) is 3. The van der Waals surface area contributed by atoms with Crippen molar-refractivity contribution < 1.29 is 14.3 Å². The van der Waals surface area contributed by atoms with Crippen molar-refractivity contribution in [1.29, 1.82) is 0 Å². The molecule has 1 aromatic carbocycles. The second kappa shape index (κ2) is 7.25. The van der Waals surface area contributed by atoms with Gasteiger partial charge < -0.3 is 9.47 Å². The Labute approximate surface area is 100 Å². The first-order valence-corrected chi connectivity index (χ1v) is 5.64. The average Bonchev–Trinajstić information content (AvgIpc) is 2.24. The van der Waals surface area contributed by atoms with E-state index in [9.17, 15) is 4.79 Å². The number of rotatable bonds is 6. The van der Waals surface area contributed by atoms with Crippen LogP contribution >= 0.6 is 11.6 Å². The topological polar surface area (TPSA) is 35.5 Å². The van der Waals surface area contributed by atoms with Crippen LogP contribution < -0.4 is 4.74 Å². The van der Waals surface area contributed by atoms with Crippen LogP contribution in [0.4, 0.5) is 0 Å². The van der Waals surface area contributed by atoms with Gasteiger partial charge in [0.2, 0.25) is 0 Å². The van der Waals surface area contributed by atoms with E-state index in [0.717, 1.165) is 0 Å². The molecule has 16 heavy (non-hydrogen) atoms. The third-order valence-electron chi connectivity index (χ3n) is 1.90. The van der Waals surface area contributed by atoms with Gasteiger partial charge in [0, 0.05) is 24.7 Å². The summed E-state index contributed by atoms with van der Waals surface area (Å²) >= 11 is 5.76. The van der Waals surface area contributed by atoms with E-state index in [1.807, 2.05) is 6.92 Å². The smallest absolute Gasteiger partial charge is 0.311 e. The van der Waals surface area contributed by atoms with Crippen molar-refractivity contribution in [3.05, 3.63) is 29.3 Å². The summed E-state index contributed by atoms with van der Waals surface area (Å²) in [6.45, 7) is 3.18. The molecular weight excluding hydrogens is 228 g/mol. The van der Waals surface area contributed by atoms with Crippen LogP contribution in [0.2, 0.25) is 5.02 Å². The van der Waals surface area contributed by atoms with Gasteiger partial charge in [0.15, 0.2) is 0 Å². The molecular formula is C12H15ClO3. The van der Waals surface area contributed by atoms with Crippen LogP contribution in [0.25, 0.3) is 0 Å². The van der Waals surface area contributed by atoms with Crippen molar-refractivity contribution in [2.24, 2.45) is 0 Å². The van der Waals surface area contributed by atoms with Crippen LogP contribution in [0.1, 0.15) is 19.8 Å². The van der Waals surface area contributed by atoms with Gasteiger partial charge in [0.25, 0.3) is 0 Å². The summed E-state index contributed by atoms with van der Waals surface area (Å²) in [5.41, 5.74) is 0. The van der Waals surface area contributed by atoms with E-state index in [-0.39, 0.29) is 5.97 Å². The van der Waals surface area contributed by atoms with Crippen LogP contribution in [-0.4, -0.2) is 19.2 Å². The van der Waals surface area contributed by atoms with E-state index >= 15 is 0 Å². The Balaban J connectivity index is 2.29. The molecule has 0 radical (unpaired) electrons. The highest BCUT2D eigenvalue weighted by Crippen LogP contribution is 2.17. The average molecular weight is 243 g/mol. The summed E-state index contributed by atoms with van der Waals surface area (Å²) in [4.78, 5) is 11.4. The van der Waals surface area contributed by atoms with Crippen LogP contribution in [0.5, 0.6) is 5.75 Å². The molecule has 0 spiro atoms. The van der Waals surface area contributed by atoms with Gasteiger partial charge in [-0.05, 0) is 31.5 Å². The summed E-state index contributed by atoms with van der Waals surface area (Å²) in [6.07, 6.45) is 1.03. The first kappa shape index (κ1) is 13.0. The van der Waals surface area contributed by atoms with Gasteiger partial charge in [0.05, 0.1) is 0 Å². The molecule has 0 amide bonds. The van der Waals surface area contributed by atoms with E-state index < -0.39 is 0 Å². The predicted molar refractivity (Wildman–Crippen MR) is 62.8 cm³/mol. The van der Waals surface area contributed by atoms with Crippen molar-refractivity contribution in [2.45, 2.75) is 19.8 Å². The van der Waals surface area contributed by atoms with Gasteiger partial charge in [-0.15, -0.1) is 0 Å². The van der Waals surface area contributed by atoms with Crippen molar-refractivity contribution >= 4 is 17.6 Å². The van der Waals surface area contributed by atoms with Gasteiger partial charge >= 0.3 is 5.97 Å².